The van der Waals surface area contributed by atoms with Crippen molar-refractivity contribution >= 4 is 23.3 Å². The van der Waals surface area contributed by atoms with E-state index in [-0.39, 0.29) is 24.0 Å². The van der Waals surface area contributed by atoms with Crippen LogP contribution in [-0.4, -0.2) is 46.6 Å². The molecule has 10 heteroatoms. The van der Waals surface area contributed by atoms with E-state index in [9.17, 15) is 9.59 Å². The number of carbonyl (C=O) groups is 2. The van der Waals surface area contributed by atoms with E-state index in [2.05, 4.69) is 20.9 Å². The molecule has 1 aromatic heterocycles. The molecule has 186 valence electrons. The van der Waals surface area contributed by atoms with Crippen molar-refractivity contribution in [3.8, 4) is 11.5 Å². The van der Waals surface area contributed by atoms with Crippen LogP contribution in [0.2, 0.25) is 0 Å². The number of rotatable bonds is 11. The number of aromatic nitrogens is 3. The number of aryl methyl sites for hydroxylation is 2. The van der Waals surface area contributed by atoms with Crippen molar-refractivity contribution in [1.82, 2.24) is 20.3 Å². The van der Waals surface area contributed by atoms with Crippen LogP contribution in [0.25, 0.3) is 0 Å². The van der Waals surface area contributed by atoms with E-state index < -0.39 is 5.91 Å². The number of benzene rings is 2. The zero-order valence-corrected chi connectivity index (χ0v) is 20.6. The maximum atomic E-state index is 12.6. The molecule has 0 atom stereocenters. The van der Waals surface area contributed by atoms with Gasteiger partial charge in [0.05, 0.1) is 13.2 Å². The monoisotopic (exact) mass is 480 g/mol. The van der Waals surface area contributed by atoms with Gasteiger partial charge in [-0.25, -0.2) is 4.68 Å². The van der Waals surface area contributed by atoms with Crippen LogP contribution in [0, 0.1) is 13.8 Å². The average Bonchev–Trinajstić information content (AvgIpc) is 3.18. The SMILES string of the molecule is CCOc1ccc(CCNC(=O)c2nnn(CC(=O)Nc3cc(C)ccc3C)c2N)cc1OCC. The molecule has 0 aliphatic rings. The molecule has 0 bridgehead atoms. The zero-order valence-electron chi connectivity index (χ0n) is 20.6. The molecule has 0 saturated heterocycles. The minimum atomic E-state index is -0.459. The van der Waals surface area contributed by atoms with Gasteiger partial charge in [-0.05, 0) is 69.0 Å². The lowest BCUT2D eigenvalue weighted by atomic mass is 10.1. The topological polar surface area (TPSA) is 133 Å². The Balaban J connectivity index is 1.56. The van der Waals surface area contributed by atoms with Gasteiger partial charge in [-0.2, -0.15) is 0 Å². The summed E-state index contributed by atoms with van der Waals surface area (Å²) < 4.78 is 12.4. The number of nitrogens with one attached hydrogen (secondary N) is 2. The van der Waals surface area contributed by atoms with E-state index in [0.29, 0.717) is 43.4 Å². The molecule has 0 aliphatic heterocycles. The van der Waals surface area contributed by atoms with Crippen LogP contribution in [-0.2, 0) is 17.8 Å². The predicted molar refractivity (Wildman–Crippen MR) is 134 cm³/mol. The molecule has 3 aromatic rings. The number of carbonyl (C=O) groups excluding carboxylic acids is 2. The molecule has 1 heterocycles. The molecule has 0 aliphatic carbocycles. The number of hydrogen-bond acceptors (Lipinski definition) is 7. The summed E-state index contributed by atoms with van der Waals surface area (Å²) >= 11 is 0. The van der Waals surface area contributed by atoms with E-state index in [4.69, 9.17) is 15.2 Å². The van der Waals surface area contributed by atoms with Crippen LogP contribution >= 0.6 is 0 Å². The summed E-state index contributed by atoms with van der Waals surface area (Å²) in [4.78, 5) is 25.1. The number of anilines is 2. The van der Waals surface area contributed by atoms with Gasteiger partial charge in [0.15, 0.2) is 23.0 Å². The van der Waals surface area contributed by atoms with E-state index in [0.717, 1.165) is 16.7 Å². The third-order valence-corrected chi connectivity index (χ3v) is 5.26. The zero-order chi connectivity index (χ0) is 25.4. The summed E-state index contributed by atoms with van der Waals surface area (Å²) in [6, 6.07) is 11.5. The highest BCUT2D eigenvalue weighted by Gasteiger charge is 2.19. The normalized spacial score (nSPS) is 10.6. The second kappa shape index (κ2) is 11.9. The van der Waals surface area contributed by atoms with Crippen molar-refractivity contribution in [2.75, 3.05) is 30.8 Å². The molecule has 2 aromatic carbocycles. The molecule has 10 nitrogen and oxygen atoms in total. The van der Waals surface area contributed by atoms with Gasteiger partial charge in [0.25, 0.3) is 5.91 Å². The number of nitrogens with zero attached hydrogens (tertiary/aromatic N) is 3. The molecule has 0 spiro atoms. The molecule has 0 unspecified atom stereocenters. The van der Waals surface area contributed by atoms with Crippen LogP contribution in [0.3, 0.4) is 0 Å². The van der Waals surface area contributed by atoms with Crippen molar-refractivity contribution in [3.63, 3.8) is 0 Å². The smallest absolute Gasteiger partial charge is 0.275 e. The van der Waals surface area contributed by atoms with Crippen LogP contribution < -0.4 is 25.8 Å². The quantitative estimate of drug-likeness (QED) is 0.384. The van der Waals surface area contributed by atoms with Gasteiger partial charge in [-0.1, -0.05) is 23.4 Å². The van der Waals surface area contributed by atoms with Gasteiger partial charge in [0.1, 0.15) is 6.54 Å². The van der Waals surface area contributed by atoms with Gasteiger partial charge in [0, 0.05) is 12.2 Å². The highest BCUT2D eigenvalue weighted by molar-refractivity contribution is 5.97. The number of hydrogen-bond donors (Lipinski definition) is 3. The molecule has 4 N–H and O–H groups in total. The molecule has 3 rings (SSSR count). The second-order valence-electron chi connectivity index (χ2n) is 8.00. The van der Waals surface area contributed by atoms with Gasteiger partial charge < -0.3 is 25.8 Å². The fraction of sp³-hybridized carbons (Fsp3) is 0.360. The summed E-state index contributed by atoms with van der Waals surface area (Å²) in [5, 5.41) is 13.4. The van der Waals surface area contributed by atoms with Crippen molar-refractivity contribution in [1.29, 1.82) is 0 Å². The molecular formula is C25H32N6O4. The lowest BCUT2D eigenvalue weighted by molar-refractivity contribution is -0.116. The molecule has 0 radical (unpaired) electrons. The summed E-state index contributed by atoms with van der Waals surface area (Å²) in [5.74, 6) is 0.610. The summed E-state index contributed by atoms with van der Waals surface area (Å²) in [6.07, 6.45) is 0.574. The Morgan fingerprint density at radius 2 is 1.77 bits per heavy atom. The van der Waals surface area contributed by atoms with E-state index in [1.165, 1.54) is 4.68 Å². The predicted octanol–water partition coefficient (Wildman–Crippen LogP) is 2.89. The summed E-state index contributed by atoms with van der Waals surface area (Å²) in [5.41, 5.74) is 9.70. The first kappa shape index (κ1) is 25.5. The van der Waals surface area contributed by atoms with Gasteiger partial charge in [-0.3, -0.25) is 9.59 Å². The standard InChI is InChI=1S/C25H32N6O4/c1-5-34-20-10-9-18(14-21(20)35-6-2)11-12-27-25(33)23-24(26)31(30-29-23)15-22(32)28-19-13-16(3)7-8-17(19)4/h7-10,13-14H,5-6,11-12,15,26H2,1-4H3,(H,27,33)(H,28,32). The fourth-order valence-corrected chi connectivity index (χ4v) is 3.45. The average molecular weight is 481 g/mol. The second-order valence-corrected chi connectivity index (χ2v) is 8.00. The molecule has 35 heavy (non-hydrogen) atoms. The maximum Gasteiger partial charge on any atom is 0.275 e. The van der Waals surface area contributed by atoms with E-state index >= 15 is 0 Å². The van der Waals surface area contributed by atoms with Crippen molar-refractivity contribution in [2.24, 2.45) is 0 Å². The Hall–Kier alpha value is -4.08. The molecular weight excluding hydrogens is 448 g/mol. The molecule has 0 saturated carbocycles. The molecule has 0 fully saturated rings. The fourth-order valence-electron chi connectivity index (χ4n) is 3.45. The number of amides is 2. The third-order valence-electron chi connectivity index (χ3n) is 5.26. The van der Waals surface area contributed by atoms with E-state index in [1.807, 2.05) is 64.1 Å². The highest BCUT2D eigenvalue weighted by atomic mass is 16.5. The van der Waals surface area contributed by atoms with Gasteiger partial charge >= 0.3 is 0 Å². The third kappa shape index (κ3) is 6.72. The van der Waals surface area contributed by atoms with Crippen molar-refractivity contribution in [3.05, 3.63) is 58.8 Å². The van der Waals surface area contributed by atoms with Crippen LogP contribution in [0.4, 0.5) is 11.5 Å². The highest BCUT2D eigenvalue weighted by Crippen LogP contribution is 2.28. The Labute approximate surface area is 204 Å². The minimum Gasteiger partial charge on any atom is -0.490 e. The molecule has 2 amide bonds. The Bertz CT molecular complexity index is 1190. The Morgan fingerprint density at radius 1 is 1.03 bits per heavy atom. The first-order valence-corrected chi connectivity index (χ1v) is 11.5. The van der Waals surface area contributed by atoms with Crippen LogP contribution in [0.1, 0.15) is 41.0 Å². The Kier molecular flexibility index (Phi) is 8.66. The lowest BCUT2D eigenvalue weighted by Crippen LogP contribution is -2.27. The first-order chi connectivity index (χ1) is 16.8. The Morgan fingerprint density at radius 3 is 2.51 bits per heavy atom. The minimum absolute atomic E-state index is 0.0220. The maximum absolute atomic E-state index is 12.6. The van der Waals surface area contributed by atoms with Crippen LogP contribution in [0.15, 0.2) is 36.4 Å². The van der Waals surface area contributed by atoms with Crippen LogP contribution in [0.5, 0.6) is 11.5 Å². The largest absolute Gasteiger partial charge is 0.490 e. The van der Waals surface area contributed by atoms with E-state index in [1.54, 1.807) is 0 Å². The summed E-state index contributed by atoms with van der Waals surface area (Å²) in [6.45, 7) is 8.95. The van der Waals surface area contributed by atoms with Gasteiger partial charge in [0.2, 0.25) is 5.91 Å². The van der Waals surface area contributed by atoms with Crippen molar-refractivity contribution < 1.29 is 19.1 Å². The number of nitrogens with two attached hydrogens (primary N) is 1. The number of ether oxygens (including phenoxy) is 2. The first-order valence-electron chi connectivity index (χ1n) is 11.5. The summed E-state index contributed by atoms with van der Waals surface area (Å²) in [7, 11) is 0. The number of nitrogen functional groups attached to an aromatic ring is 1. The lowest BCUT2D eigenvalue weighted by Gasteiger charge is -2.12. The van der Waals surface area contributed by atoms with Crippen molar-refractivity contribution in [2.45, 2.75) is 40.7 Å². The van der Waals surface area contributed by atoms with Gasteiger partial charge in [-0.15, -0.1) is 5.10 Å².